The van der Waals surface area contributed by atoms with Gasteiger partial charge in [0.1, 0.15) is 5.60 Å². The molecule has 4 rings (SSSR count). The van der Waals surface area contributed by atoms with Crippen molar-refractivity contribution >= 4 is 34.5 Å². The molecule has 0 radical (unpaired) electrons. The molecule has 2 atom stereocenters. The summed E-state index contributed by atoms with van der Waals surface area (Å²) in [7, 11) is 0. The van der Waals surface area contributed by atoms with E-state index in [0.717, 1.165) is 10.9 Å². The molecule has 1 saturated heterocycles. The van der Waals surface area contributed by atoms with Gasteiger partial charge in [0.25, 0.3) is 0 Å². The van der Waals surface area contributed by atoms with Crippen LogP contribution in [0.3, 0.4) is 0 Å². The summed E-state index contributed by atoms with van der Waals surface area (Å²) < 4.78 is 6.94. The lowest BCUT2D eigenvalue weighted by Crippen LogP contribution is -2.34. The third-order valence-corrected chi connectivity index (χ3v) is 5.92. The molecule has 1 fully saturated rings. The first-order valence-corrected chi connectivity index (χ1v) is 10.5. The molecule has 0 bridgehead atoms. The smallest absolute Gasteiger partial charge is 0.419 e. The van der Waals surface area contributed by atoms with Gasteiger partial charge in [0.2, 0.25) is 0 Å². The van der Waals surface area contributed by atoms with Crippen molar-refractivity contribution < 1.29 is 14.3 Å². The Balaban J connectivity index is 1.62. The van der Waals surface area contributed by atoms with Crippen molar-refractivity contribution in [3.63, 3.8) is 0 Å². The van der Waals surface area contributed by atoms with Crippen molar-refractivity contribution in [1.29, 1.82) is 0 Å². The van der Waals surface area contributed by atoms with E-state index < -0.39 is 11.7 Å². The van der Waals surface area contributed by atoms with Crippen LogP contribution >= 0.6 is 11.8 Å². The average molecular weight is 410 g/mol. The van der Waals surface area contributed by atoms with Crippen molar-refractivity contribution in [1.82, 2.24) is 14.9 Å². The molecule has 2 aromatic heterocycles. The van der Waals surface area contributed by atoms with Crippen LogP contribution in [-0.2, 0) is 4.74 Å². The number of nitrogens with one attached hydrogen (secondary N) is 1. The van der Waals surface area contributed by atoms with Crippen LogP contribution in [0.1, 0.15) is 42.1 Å². The van der Waals surface area contributed by atoms with E-state index >= 15 is 0 Å². The number of ether oxygens (including phenoxy) is 1. The fraction of sp³-hybridized carbons (Fsp3) is 0.318. The summed E-state index contributed by atoms with van der Waals surface area (Å²) in [6.45, 7) is 5.46. The number of thioether (sulfide) groups is 1. The predicted molar refractivity (Wildman–Crippen MR) is 114 cm³/mol. The van der Waals surface area contributed by atoms with Gasteiger partial charge in [-0.05, 0) is 38.5 Å². The van der Waals surface area contributed by atoms with Crippen LogP contribution in [0.4, 0.5) is 4.79 Å². The maximum Gasteiger partial charge on any atom is 0.419 e. The summed E-state index contributed by atoms with van der Waals surface area (Å²) in [5, 5.41) is 4.17. The zero-order chi connectivity index (χ0) is 20.6. The monoisotopic (exact) mass is 409 g/mol. The van der Waals surface area contributed by atoms with Gasteiger partial charge in [-0.25, -0.2) is 4.79 Å². The molecule has 29 heavy (non-hydrogen) atoms. The lowest BCUT2D eigenvalue weighted by molar-refractivity contribution is 0.0544. The molecule has 6 nitrogen and oxygen atoms in total. The Morgan fingerprint density at radius 3 is 2.72 bits per heavy atom. The van der Waals surface area contributed by atoms with E-state index in [-0.39, 0.29) is 17.2 Å². The first-order chi connectivity index (χ1) is 13.8. The highest BCUT2D eigenvalue weighted by Gasteiger charge is 2.33. The van der Waals surface area contributed by atoms with Gasteiger partial charge in [0.05, 0.1) is 16.9 Å². The Kier molecular flexibility index (Phi) is 5.19. The van der Waals surface area contributed by atoms with E-state index in [1.54, 1.807) is 24.2 Å². The van der Waals surface area contributed by atoms with Crippen LogP contribution in [0.2, 0.25) is 0 Å². The summed E-state index contributed by atoms with van der Waals surface area (Å²) in [6.07, 6.45) is 4.66. The zero-order valence-corrected chi connectivity index (χ0v) is 17.4. The highest BCUT2D eigenvalue weighted by atomic mass is 32.2. The van der Waals surface area contributed by atoms with Crippen molar-refractivity contribution in [2.24, 2.45) is 0 Å². The number of ketones is 1. The molecule has 150 valence electrons. The number of Topliss-reactive ketones (excluding diaryl/α,β-unsaturated/α-hetero) is 1. The second-order valence-corrected chi connectivity index (χ2v) is 9.13. The van der Waals surface area contributed by atoms with E-state index in [9.17, 15) is 9.59 Å². The van der Waals surface area contributed by atoms with Crippen LogP contribution in [0, 0.1) is 0 Å². The summed E-state index contributed by atoms with van der Waals surface area (Å²) in [6, 6.07) is 11.0. The van der Waals surface area contributed by atoms with Gasteiger partial charge in [0, 0.05) is 35.3 Å². The molecule has 1 aromatic carbocycles. The zero-order valence-electron chi connectivity index (χ0n) is 16.6. The molecule has 1 aliphatic rings. The van der Waals surface area contributed by atoms with Crippen LogP contribution in [0.5, 0.6) is 0 Å². The second-order valence-electron chi connectivity index (χ2n) is 7.99. The van der Waals surface area contributed by atoms with Gasteiger partial charge in [0.15, 0.2) is 5.78 Å². The number of aromatic nitrogens is 2. The number of fused-ring (bicyclic) bond motifs is 1. The van der Waals surface area contributed by atoms with Gasteiger partial charge < -0.3 is 4.74 Å². The fourth-order valence-corrected chi connectivity index (χ4v) is 4.60. The normalized spacial score (nSPS) is 19.4. The topological polar surface area (TPSA) is 73.2 Å². The maximum absolute atomic E-state index is 13.3. The van der Waals surface area contributed by atoms with Gasteiger partial charge in [-0.1, -0.05) is 24.3 Å². The average Bonchev–Trinajstić information content (AvgIpc) is 3.32. The lowest BCUT2D eigenvalue weighted by Gasteiger charge is -2.19. The molecular weight excluding hydrogens is 386 g/mol. The molecule has 2 unspecified atom stereocenters. The molecule has 3 heterocycles. The predicted octanol–water partition coefficient (Wildman–Crippen LogP) is 4.41. The molecular formula is C22H23N3O3S. The van der Waals surface area contributed by atoms with Crippen molar-refractivity contribution in [2.45, 2.75) is 37.8 Å². The lowest BCUT2D eigenvalue weighted by atomic mass is 10.0. The minimum atomic E-state index is -0.618. The quantitative estimate of drug-likeness (QED) is 0.646. The SMILES string of the molecule is CC(C)(C)OC(=O)n1cc(C(=O)C2CSC(c3cccnc3)N2)c2ccccc21. The molecule has 0 aliphatic carbocycles. The minimum Gasteiger partial charge on any atom is -0.443 e. The largest absolute Gasteiger partial charge is 0.443 e. The van der Waals surface area contributed by atoms with E-state index in [1.165, 1.54) is 4.57 Å². The number of benzene rings is 1. The number of hydrogen-bond acceptors (Lipinski definition) is 6. The van der Waals surface area contributed by atoms with Crippen LogP contribution in [0.15, 0.2) is 55.0 Å². The Morgan fingerprint density at radius 2 is 2.00 bits per heavy atom. The summed E-state index contributed by atoms with van der Waals surface area (Å²) in [5.41, 5.74) is 1.62. The van der Waals surface area contributed by atoms with Crippen LogP contribution in [0.25, 0.3) is 10.9 Å². The Morgan fingerprint density at radius 1 is 1.21 bits per heavy atom. The Labute approximate surface area is 173 Å². The summed E-state index contributed by atoms with van der Waals surface area (Å²) in [4.78, 5) is 30.1. The number of nitrogens with zero attached hydrogens (tertiary/aromatic N) is 2. The third kappa shape index (κ3) is 4.06. The number of carbonyl (C=O) groups is 2. The third-order valence-electron chi connectivity index (χ3n) is 4.65. The molecule has 0 saturated carbocycles. The van der Waals surface area contributed by atoms with Crippen LogP contribution < -0.4 is 5.32 Å². The van der Waals surface area contributed by atoms with Gasteiger partial charge in [-0.2, -0.15) is 0 Å². The standard InChI is InChI=1S/C22H23N3O3S/c1-22(2,3)28-21(27)25-12-16(15-8-4-5-9-18(15)25)19(26)17-13-29-20(24-17)14-7-6-10-23-11-14/h4-12,17,20,24H,13H2,1-3H3. The van der Waals surface area contributed by atoms with E-state index in [2.05, 4.69) is 10.3 Å². The van der Waals surface area contributed by atoms with Crippen molar-refractivity contribution in [3.8, 4) is 0 Å². The van der Waals surface area contributed by atoms with Gasteiger partial charge >= 0.3 is 6.09 Å². The van der Waals surface area contributed by atoms with E-state index in [4.69, 9.17) is 4.74 Å². The number of para-hydroxylation sites is 1. The van der Waals surface area contributed by atoms with Crippen molar-refractivity contribution in [3.05, 3.63) is 66.1 Å². The number of hydrogen-bond donors (Lipinski definition) is 1. The highest BCUT2D eigenvalue weighted by Crippen LogP contribution is 2.34. The number of carbonyl (C=O) groups excluding carboxylic acids is 2. The first kappa shape index (κ1) is 19.7. The second kappa shape index (κ2) is 7.65. The highest BCUT2D eigenvalue weighted by molar-refractivity contribution is 7.99. The van der Waals surface area contributed by atoms with Crippen LogP contribution in [-0.4, -0.2) is 38.8 Å². The van der Waals surface area contributed by atoms with E-state index in [1.807, 2.05) is 63.4 Å². The van der Waals surface area contributed by atoms with Gasteiger partial charge in [-0.3, -0.25) is 19.7 Å². The number of pyridine rings is 1. The Hall–Kier alpha value is -2.64. The Bertz CT molecular complexity index is 1060. The summed E-state index contributed by atoms with van der Waals surface area (Å²) in [5.74, 6) is 0.632. The van der Waals surface area contributed by atoms with E-state index in [0.29, 0.717) is 16.8 Å². The van der Waals surface area contributed by atoms with Crippen molar-refractivity contribution in [2.75, 3.05) is 5.75 Å². The molecule has 0 spiro atoms. The van der Waals surface area contributed by atoms with Gasteiger partial charge in [-0.15, -0.1) is 11.8 Å². The fourth-order valence-electron chi connectivity index (χ4n) is 3.37. The first-order valence-electron chi connectivity index (χ1n) is 9.49. The molecule has 7 heteroatoms. The number of rotatable bonds is 3. The molecule has 1 N–H and O–H groups in total. The minimum absolute atomic E-state index is 0.0249. The molecule has 1 aliphatic heterocycles. The maximum atomic E-state index is 13.3. The molecule has 3 aromatic rings. The summed E-state index contributed by atoms with van der Waals surface area (Å²) >= 11 is 1.68. The molecule has 0 amide bonds.